The molecule has 17 heavy (non-hydrogen) atoms. The number of aromatic nitrogens is 4. The van der Waals surface area contributed by atoms with Crippen LogP contribution in [0.15, 0.2) is 35.0 Å². The number of nitrogens with two attached hydrogens (primary N) is 1. The van der Waals surface area contributed by atoms with Crippen LogP contribution in [-0.2, 0) is 0 Å². The second kappa shape index (κ2) is 3.95. The van der Waals surface area contributed by atoms with Gasteiger partial charge in [0.05, 0.1) is 6.20 Å². The summed E-state index contributed by atoms with van der Waals surface area (Å²) in [5.41, 5.74) is 7.16. The summed E-state index contributed by atoms with van der Waals surface area (Å²) >= 11 is 1.21. The summed E-state index contributed by atoms with van der Waals surface area (Å²) < 4.78 is 8.87. The molecule has 3 rings (SSSR count). The van der Waals surface area contributed by atoms with E-state index < -0.39 is 0 Å². The fourth-order valence-electron chi connectivity index (χ4n) is 1.33. The van der Waals surface area contributed by atoms with Gasteiger partial charge in [0.2, 0.25) is 5.82 Å². The standard InChI is InChI=1S/C10H7N5OS/c11-7-3-1-6(2-4-7)9-13-10(16-14-9)8-5-12-15-17-8/h1-5H,11H2. The molecule has 7 heteroatoms. The quantitative estimate of drug-likeness (QED) is 0.693. The molecule has 6 nitrogen and oxygen atoms in total. The molecule has 0 aliphatic carbocycles. The third kappa shape index (κ3) is 1.87. The van der Waals surface area contributed by atoms with Gasteiger partial charge >= 0.3 is 0 Å². The van der Waals surface area contributed by atoms with Crippen molar-refractivity contribution in [2.45, 2.75) is 0 Å². The number of rotatable bonds is 2. The van der Waals surface area contributed by atoms with Crippen molar-refractivity contribution in [2.24, 2.45) is 0 Å². The van der Waals surface area contributed by atoms with Crippen LogP contribution in [0, 0.1) is 0 Å². The number of hydrogen-bond donors (Lipinski definition) is 1. The average Bonchev–Trinajstić information content (AvgIpc) is 3.00. The maximum atomic E-state index is 5.61. The van der Waals surface area contributed by atoms with Crippen LogP contribution in [0.4, 0.5) is 5.69 Å². The highest BCUT2D eigenvalue weighted by Gasteiger charge is 2.11. The van der Waals surface area contributed by atoms with E-state index in [4.69, 9.17) is 10.3 Å². The van der Waals surface area contributed by atoms with Crippen LogP contribution in [0.25, 0.3) is 22.2 Å². The molecular weight excluding hydrogens is 238 g/mol. The van der Waals surface area contributed by atoms with E-state index in [1.807, 2.05) is 12.1 Å². The Labute approximate surface area is 100 Å². The summed E-state index contributed by atoms with van der Waals surface area (Å²) in [5.74, 6) is 0.945. The van der Waals surface area contributed by atoms with Crippen LogP contribution in [-0.4, -0.2) is 19.7 Å². The first kappa shape index (κ1) is 9.91. The van der Waals surface area contributed by atoms with Gasteiger partial charge in [-0.15, -0.1) is 5.10 Å². The second-order valence-electron chi connectivity index (χ2n) is 3.33. The van der Waals surface area contributed by atoms with Gasteiger partial charge < -0.3 is 10.3 Å². The fourth-order valence-corrected chi connectivity index (χ4v) is 1.77. The second-order valence-corrected chi connectivity index (χ2v) is 4.11. The van der Waals surface area contributed by atoms with Crippen molar-refractivity contribution in [1.82, 2.24) is 19.7 Å². The van der Waals surface area contributed by atoms with Crippen LogP contribution in [0.2, 0.25) is 0 Å². The zero-order valence-electron chi connectivity index (χ0n) is 8.57. The SMILES string of the molecule is Nc1ccc(-c2noc(-c3cnns3)n2)cc1. The molecular formula is C10H7N5OS. The third-order valence-electron chi connectivity index (χ3n) is 2.17. The number of anilines is 1. The number of nitrogen functional groups attached to an aromatic ring is 1. The molecule has 0 fully saturated rings. The van der Waals surface area contributed by atoms with E-state index in [9.17, 15) is 0 Å². The molecule has 0 spiro atoms. The minimum atomic E-state index is 0.423. The summed E-state index contributed by atoms with van der Waals surface area (Å²) in [7, 11) is 0. The van der Waals surface area contributed by atoms with E-state index >= 15 is 0 Å². The van der Waals surface area contributed by atoms with Crippen molar-refractivity contribution in [3.63, 3.8) is 0 Å². The zero-order chi connectivity index (χ0) is 11.7. The van der Waals surface area contributed by atoms with Crippen LogP contribution < -0.4 is 5.73 Å². The minimum Gasteiger partial charge on any atom is -0.399 e. The molecule has 2 heterocycles. The van der Waals surface area contributed by atoms with Crippen molar-refractivity contribution in [1.29, 1.82) is 0 Å². The molecule has 3 aromatic rings. The van der Waals surface area contributed by atoms with Gasteiger partial charge in [0, 0.05) is 11.3 Å². The zero-order valence-corrected chi connectivity index (χ0v) is 9.39. The molecule has 1 aromatic carbocycles. The molecule has 2 N–H and O–H groups in total. The predicted molar refractivity (Wildman–Crippen MR) is 63.0 cm³/mol. The third-order valence-corrected chi connectivity index (χ3v) is 2.82. The van der Waals surface area contributed by atoms with E-state index in [0.29, 0.717) is 17.4 Å². The summed E-state index contributed by atoms with van der Waals surface area (Å²) in [4.78, 5) is 5.01. The Morgan fingerprint density at radius 1 is 1.18 bits per heavy atom. The van der Waals surface area contributed by atoms with Gasteiger partial charge in [0.1, 0.15) is 4.88 Å². The highest BCUT2D eigenvalue weighted by molar-refractivity contribution is 7.09. The van der Waals surface area contributed by atoms with E-state index in [-0.39, 0.29) is 0 Å². The normalized spacial score (nSPS) is 10.6. The Balaban J connectivity index is 1.98. The first-order valence-electron chi connectivity index (χ1n) is 4.80. The summed E-state index contributed by atoms with van der Waals surface area (Å²) in [6, 6.07) is 7.27. The Hall–Kier alpha value is -2.28. The highest BCUT2D eigenvalue weighted by atomic mass is 32.1. The monoisotopic (exact) mass is 245 g/mol. The highest BCUT2D eigenvalue weighted by Crippen LogP contribution is 2.23. The topological polar surface area (TPSA) is 90.7 Å². The number of nitrogens with zero attached hydrogens (tertiary/aromatic N) is 4. The largest absolute Gasteiger partial charge is 0.399 e. The lowest BCUT2D eigenvalue weighted by atomic mass is 10.2. The van der Waals surface area contributed by atoms with Crippen LogP contribution in [0.5, 0.6) is 0 Å². The molecule has 0 radical (unpaired) electrons. The molecule has 0 aliphatic rings. The van der Waals surface area contributed by atoms with Gasteiger partial charge in [-0.25, -0.2) is 0 Å². The Bertz CT molecular complexity index is 616. The van der Waals surface area contributed by atoms with E-state index in [2.05, 4.69) is 19.7 Å². The molecule has 0 bridgehead atoms. The Kier molecular flexibility index (Phi) is 2.30. The summed E-state index contributed by atoms with van der Waals surface area (Å²) in [6.45, 7) is 0. The van der Waals surface area contributed by atoms with Gasteiger partial charge in [0.25, 0.3) is 5.89 Å². The van der Waals surface area contributed by atoms with Gasteiger partial charge in [-0.05, 0) is 35.8 Å². The summed E-state index contributed by atoms with van der Waals surface area (Å²) in [6.07, 6.45) is 1.59. The maximum Gasteiger partial charge on any atom is 0.271 e. The lowest BCUT2D eigenvalue weighted by Gasteiger charge is -1.94. The first-order chi connectivity index (χ1) is 8.33. The molecule has 0 aliphatic heterocycles. The molecule has 0 saturated carbocycles. The van der Waals surface area contributed by atoms with Crippen molar-refractivity contribution < 1.29 is 4.52 Å². The molecule has 0 saturated heterocycles. The molecule has 84 valence electrons. The maximum absolute atomic E-state index is 5.61. The van der Waals surface area contributed by atoms with Gasteiger partial charge in [-0.2, -0.15) is 4.98 Å². The van der Waals surface area contributed by atoms with Gasteiger partial charge in [-0.3, -0.25) is 0 Å². The van der Waals surface area contributed by atoms with E-state index in [0.717, 1.165) is 10.4 Å². The number of hydrogen-bond acceptors (Lipinski definition) is 7. The van der Waals surface area contributed by atoms with Crippen LogP contribution in [0.1, 0.15) is 0 Å². The fraction of sp³-hybridized carbons (Fsp3) is 0. The average molecular weight is 245 g/mol. The van der Waals surface area contributed by atoms with Crippen molar-refractivity contribution in [3.8, 4) is 22.2 Å². The van der Waals surface area contributed by atoms with E-state index in [1.165, 1.54) is 11.5 Å². The predicted octanol–water partition coefficient (Wildman–Crippen LogP) is 1.84. The van der Waals surface area contributed by atoms with E-state index in [1.54, 1.807) is 18.3 Å². The van der Waals surface area contributed by atoms with Crippen molar-refractivity contribution in [3.05, 3.63) is 30.5 Å². The molecule has 0 amide bonds. The lowest BCUT2D eigenvalue weighted by molar-refractivity contribution is 0.433. The Morgan fingerprint density at radius 3 is 2.71 bits per heavy atom. The van der Waals surface area contributed by atoms with Crippen molar-refractivity contribution in [2.75, 3.05) is 5.73 Å². The lowest BCUT2D eigenvalue weighted by Crippen LogP contribution is -1.85. The van der Waals surface area contributed by atoms with Crippen LogP contribution >= 0.6 is 11.5 Å². The molecule has 0 atom stereocenters. The smallest absolute Gasteiger partial charge is 0.271 e. The molecule has 0 unspecified atom stereocenters. The first-order valence-corrected chi connectivity index (χ1v) is 5.57. The number of benzene rings is 1. The van der Waals surface area contributed by atoms with Crippen LogP contribution in [0.3, 0.4) is 0 Å². The van der Waals surface area contributed by atoms with Gasteiger partial charge in [-0.1, -0.05) is 9.64 Å². The Morgan fingerprint density at radius 2 is 2.00 bits per heavy atom. The minimum absolute atomic E-state index is 0.423. The van der Waals surface area contributed by atoms with Gasteiger partial charge in [0.15, 0.2) is 0 Å². The summed E-state index contributed by atoms with van der Waals surface area (Å²) in [5, 5.41) is 7.61. The molecule has 2 aromatic heterocycles. The van der Waals surface area contributed by atoms with Crippen molar-refractivity contribution >= 4 is 17.2 Å².